The molecule has 0 heterocycles. The summed E-state index contributed by atoms with van der Waals surface area (Å²) in [6.45, 7) is 7.80. The van der Waals surface area contributed by atoms with Crippen molar-refractivity contribution < 1.29 is 19.4 Å². The summed E-state index contributed by atoms with van der Waals surface area (Å²) in [7, 11) is 1.31. The van der Waals surface area contributed by atoms with E-state index < -0.39 is 0 Å². The lowest BCUT2D eigenvalue weighted by Crippen LogP contribution is -2.29. The minimum atomic E-state index is -0.370. The summed E-state index contributed by atoms with van der Waals surface area (Å²) in [6, 6.07) is 0. The highest BCUT2D eigenvalue weighted by atomic mass is 16.5. The molecule has 0 unspecified atom stereocenters. The van der Waals surface area contributed by atoms with E-state index in [1.54, 1.807) is 6.08 Å². The average Bonchev–Trinajstić information content (AvgIpc) is 2.38. The van der Waals surface area contributed by atoms with E-state index in [-0.39, 0.29) is 41.3 Å². The summed E-state index contributed by atoms with van der Waals surface area (Å²) in [5, 5.41) is 10.2. The number of nitrogens with zero attached hydrogens (tertiary/aromatic N) is 1. The number of hydrogen-bond acceptors (Lipinski definition) is 5. The number of Topliss-reactive ketones (excluding diaryl/α,β-unsaturated/α-hetero) is 1. The second kappa shape index (κ2) is 7.20. The highest BCUT2D eigenvalue weighted by Crippen LogP contribution is 2.36. The zero-order chi connectivity index (χ0) is 16.0. The van der Waals surface area contributed by atoms with Gasteiger partial charge in [-0.1, -0.05) is 19.9 Å². The first-order valence-electron chi connectivity index (χ1n) is 6.97. The van der Waals surface area contributed by atoms with Gasteiger partial charge in [-0.3, -0.25) is 14.6 Å². The molecule has 0 saturated carbocycles. The van der Waals surface area contributed by atoms with E-state index in [1.807, 2.05) is 13.8 Å². The van der Waals surface area contributed by atoms with Crippen molar-refractivity contribution in [1.82, 2.24) is 0 Å². The smallest absolute Gasteiger partial charge is 0.305 e. The number of allylic oxidation sites excluding steroid dienone is 2. The Morgan fingerprint density at radius 2 is 2.10 bits per heavy atom. The number of carbonyl (C=O) groups excluding carboxylic acids is 2. The van der Waals surface area contributed by atoms with Crippen molar-refractivity contribution >= 4 is 17.5 Å². The van der Waals surface area contributed by atoms with Crippen LogP contribution >= 0.6 is 0 Å². The molecule has 21 heavy (non-hydrogen) atoms. The number of rotatable bonds is 6. The molecule has 0 atom stereocenters. The Labute approximate surface area is 125 Å². The Kier molecular flexibility index (Phi) is 5.88. The van der Waals surface area contributed by atoms with E-state index in [2.05, 4.69) is 16.3 Å². The molecule has 1 aliphatic rings. The predicted molar refractivity (Wildman–Crippen MR) is 81.4 cm³/mol. The SMILES string of the molecule is C=CCN=C(CCC(=O)OC)C1=C(O)CC(C)(C)CC1=O. The van der Waals surface area contributed by atoms with Crippen LogP contribution < -0.4 is 0 Å². The third-order valence-electron chi connectivity index (χ3n) is 3.35. The number of methoxy groups -OCH3 is 1. The second-order valence-electron chi connectivity index (χ2n) is 5.91. The van der Waals surface area contributed by atoms with Crippen molar-refractivity contribution in [1.29, 1.82) is 0 Å². The van der Waals surface area contributed by atoms with Gasteiger partial charge in [-0.15, -0.1) is 6.58 Å². The van der Waals surface area contributed by atoms with Crippen LogP contribution in [0.15, 0.2) is 29.0 Å². The van der Waals surface area contributed by atoms with Gasteiger partial charge in [-0.2, -0.15) is 0 Å². The maximum Gasteiger partial charge on any atom is 0.305 e. The molecule has 0 radical (unpaired) electrons. The van der Waals surface area contributed by atoms with Gasteiger partial charge in [0.25, 0.3) is 0 Å². The third kappa shape index (κ3) is 4.85. The molecule has 0 amide bonds. The van der Waals surface area contributed by atoms with E-state index in [4.69, 9.17) is 0 Å². The highest BCUT2D eigenvalue weighted by molar-refractivity contribution is 6.23. The first-order chi connectivity index (χ1) is 9.80. The summed E-state index contributed by atoms with van der Waals surface area (Å²) in [4.78, 5) is 27.8. The monoisotopic (exact) mass is 293 g/mol. The van der Waals surface area contributed by atoms with Crippen LogP contribution in [0.3, 0.4) is 0 Å². The molecule has 0 aliphatic heterocycles. The van der Waals surface area contributed by atoms with E-state index in [0.717, 1.165) is 0 Å². The van der Waals surface area contributed by atoms with Gasteiger partial charge >= 0.3 is 5.97 Å². The zero-order valence-electron chi connectivity index (χ0n) is 12.9. The number of hydrogen-bond donors (Lipinski definition) is 1. The summed E-state index contributed by atoms with van der Waals surface area (Å²) in [5.41, 5.74) is 0.467. The Bertz CT molecular complexity index is 500. The Morgan fingerprint density at radius 3 is 2.62 bits per heavy atom. The van der Waals surface area contributed by atoms with Crippen LogP contribution in [0.25, 0.3) is 0 Å². The molecule has 0 aromatic rings. The molecular formula is C16H23NO4. The lowest BCUT2D eigenvalue weighted by Gasteiger charge is -2.30. The summed E-state index contributed by atoms with van der Waals surface area (Å²) < 4.78 is 4.60. The van der Waals surface area contributed by atoms with E-state index >= 15 is 0 Å². The van der Waals surface area contributed by atoms with Crippen molar-refractivity contribution in [2.75, 3.05) is 13.7 Å². The van der Waals surface area contributed by atoms with Crippen LogP contribution in [0.2, 0.25) is 0 Å². The number of carbonyl (C=O) groups is 2. The maximum absolute atomic E-state index is 12.3. The zero-order valence-corrected chi connectivity index (χ0v) is 12.9. The minimum absolute atomic E-state index is 0.0592. The van der Waals surface area contributed by atoms with Crippen LogP contribution in [-0.2, 0) is 14.3 Å². The molecule has 0 fully saturated rings. The van der Waals surface area contributed by atoms with Gasteiger partial charge < -0.3 is 9.84 Å². The summed E-state index contributed by atoms with van der Waals surface area (Å²) in [6.07, 6.45) is 2.79. The molecule has 116 valence electrons. The lowest BCUT2D eigenvalue weighted by atomic mass is 9.75. The maximum atomic E-state index is 12.3. The van der Waals surface area contributed by atoms with Crippen molar-refractivity contribution in [3.8, 4) is 0 Å². The van der Waals surface area contributed by atoms with Crippen LogP contribution in [0.5, 0.6) is 0 Å². The van der Waals surface area contributed by atoms with Crippen molar-refractivity contribution in [2.45, 2.75) is 39.5 Å². The van der Waals surface area contributed by atoms with Gasteiger partial charge in [0.05, 0.1) is 25.6 Å². The molecule has 1 aliphatic carbocycles. The van der Waals surface area contributed by atoms with Gasteiger partial charge in [0, 0.05) is 25.0 Å². The van der Waals surface area contributed by atoms with Gasteiger partial charge in [0.15, 0.2) is 5.78 Å². The van der Waals surface area contributed by atoms with Gasteiger partial charge in [-0.05, 0) is 5.41 Å². The van der Waals surface area contributed by atoms with E-state index in [1.165, 1.54) is 7.11 Å². The van der Waals surface area contributed by atoms with E-state index in [0.29, 0.717) is 25.1 Å². The number of esters is 1. The third-order valence-corrected chi connectivity index (χ3v) is 3.35. The van der Waals surface area contributed by atoms with Gasteiger partial charge in [0.2, 0.25) is 0 Å². The number of aliphatic hydroxyl groups is 1. The van der Waals surface area contributed by atoms with E-state index in [9.17, 15) is 14.7 Å². The Morgan fingerprint density at radius 1 is 1.43 bits per heavy atom. The number of aliphatic hydroxyl groups excluding tert-OH is 1. The number of ether oxygens (including phenoxy) is 1. The first kappa shape index (κ1) is 17.1. The molecule has 5 nitrogen and oxygen atoms in total. The molecule has 0 aromatic carbocycles. The second-order valence-corrected chi connectivity index (χ2v) is 5.91. The molecule has 1 rings (SSSR count). The normalized spacial score (nSPS) is 18.6. The first-order valence-corrected chi connectivity index (χ1v) is 6.97. The largest absolute Gasteiger partial charge is 0.511 e. The van der Waals surface area contributed by atoms with Crippen molar-refractivity contribution in [3.63, 3.8) is 0 Å². The minimum Gasteiger partial charge on any atom is -0.511 e. The fourth-order valence-corrected chi connectivity index (χ4v) is 2.40. The van der Waals surface area contributed by atoms with Gasteiger partial charge in [-0.25, -0.2) is 0 Å². The molecular weight excluding hydrogens is 270 g/mol. The Balaban J connectivity index is 3.05. The van der Waals surface area contributed by atoms with Crippen LogP contribution in [0.1, 0.15) is 39.5 Å². The predicted octanol–water partition coefficient (Wildman–Crippen LogP) is 2.77. The Hall–Kier alpha value is -1.91. The lowest BCUT2D eigenvalue weighted by molar-refractivity contribution is -0.140. The van der Waals surface area contributed by atoms with Crippen molar-refractivity contribution in [3.05, 3.63) is 24.0 Å². The molecule has 0 spiro atoms. The van der Waals surface area contributed by atoms with Crippen molar-refractivity contribution in [2.24, 2.45) is 10.4 Å². The standard InChI is InChI=1S/C16H23NO4/c1-5-8-17-11(6-7-14(20)21-4)15-12(18)9-16(2,3)10-13(15)19/h5,18H,1,6-10H2,2-4H3. The van der Waals surface area contributed by atoms with Crippen LogP contribution in [0, 0.1) is 5.41 Å². The molecule has 0 saturated heterocycles. The van der Waals surface area contributed by atoms with Crippen LogP contribution in [-0.4, -0.2) is 36.2 Å². The topological polar surface area (TPSA) is 76.0 Å². The fourth-order valence-electron chi connectivity index (χ4n) is 2.40. The molecule has 0 bridgehead atoms. The summed E-state index contributed by atoms with van der Waals surface area (Å²) >= 11 is 0. The van der Waals surface area contributed by atoms with Gasteiger partial charge in [0.1, 0.15) is 5.76 Å². The molecule has 0 aromatic heterocycles. The average molecular weight is 293 g/mol. The summed E-state index contributed by atoms with van der Waals surface area (Å²) in [5.74, 6) is -0.440. The quantitative estimate of drug-likeness (QED) is 0.464. The molecule has 5 heteroatoms. The molecule has 1 N–H and O–H groups in total. The number of aliphatic imine (C=N–C) groups is 1. The van der Waals surface area contributed by atoms with Crippen LogP contribution in [0.4, 0.5) is 0 Å². The number of ketones is 1. The highest BCUT2D eigenvalue weighted by Gasteiger charge is 2.34. The fraction of sp³-hybridized carbons (Fsp3) is 0.562.